The number of rotatable bonds is 1. The predicted octanol–water partition coefficient (Wildman–Crippen LogP) is 3.34. The molecular weight excluding hydrogens is 284 g/mol. The van der Waals surface area contributed by atoms with E-state index in [9.17, 15) is 4.79 Å². The molecule has 1 atom stereocenters. The van der Waals surface area contributed by atoms with Crippen LogP contribution in [-0.4, -0.2) is 31.4 Å². The highest BCUT2D eigenvalue weighted by atomic mass is 35.5. The van der Waals surface area contributed by atoms with E-state index in [1.165, 1.54) is 0 Å². The first-order chi connectivity index (χ1) is 10.1. The fourth-order valence-electron chi connectivity index (χ4n) is 2.90. The lowest BCUT2D eigenvalue weighted by Crippen LogP contribution is -2.34. The summed E-state index contributed by atoms with van der Waals surface area (Å²) in [4.78, 5) is 16.1. The lowest BCUT2D eigenvalue weighted by atomic mass is 9.96. The smallest absolute Gasteiger partial charge is 0.240 e. The normalized spacial score (nSPS) is 19.3. The van der Waals surface area contributed by atoms with Crippen molar-refractivity contribution in [3.8, 4) is 0 Å². The molecule has 0 saturated carbocycles. The number of fused-ring (bicyclic) bond motifs is 1. The quantitative estimate of drug-likeness (QED) is 0.806. The van der Waals surface area contributed by atoms with Crippen LogP contribution in [0.2, 0.25) is 5.02 Å². The number of amides is 1. The molecule has 1 amide bonds. The maximum atomic E-state index is 12.3. The molecule has 0 aliphatic carbocycles. The van der Waals surface area contributed by atoms with E-state index in [4.69, 9.17) is 11.6 Å². The van der Waals surface area contributed by atoms with Gasteiger partial charge in [0.2, 0.25) is 5.91 Å². The Morgan fingerprint density at radius 3 is 2.52 bits per heavy atom. The summed E-state index contributed by atoms with van der Waals surface area (Å²) >= 11 is 6.19. The second-order valence-corrected chi connectivity index (χ2v) is 5.82. The maximum absolute atomic E-state index is 12.3. The molecule has 1 heterocycles. The minimum absolute atomic E-state index is 0.0220. The van der Waals surface area contributed by atoms with Crippen molar-refractivity contribution in [2.24, 2.45) is 0 Å². The van der Waals surface area contributed by atoms with E-state index in [2.05, 4.69) is 17.0 Å². The van der Waals surface area contributed by atoms with Crippen molar-refractivity contribution in [2.45, 2.75) is 6.04 Å². The van der Waals surface area contributed by atoms with Gasteiger partial charge in [-0.15, -0.1) is 0 Å². The minimum Gasteiger partial charge on any atom is -0.314 e. The first-order valence-electron chi connectivity index (χ1n) is 6.89. The summed E-state index contributed by atoms with van der Waals surface area (Å²) < 4.78 is 0. The molecule has 0 saturated heterocycles. The molecule has 0 N–H and O–H groups in total. The summed E-state index contributed by atoms with van der Waals surface area (Å²) in [5.74, 6) is 0.0829. The third kappa shape index (κ3) is 2.55. The molecule has 0 aromatic heterocycles. The summed E-state index contributed by atoms with van der Waals surface area (Å²) in [6.07, 6.45) is 0. The highest BCUT2D eigenvalue weighted by Crippen LogP contribution is 2.37. The third-order valence-electron chi connectivity index (χ3n) is 3.96. The Morgan fingerprint density at radius 1 is 1.10 bits per heavy atom. The summed E-state index contributed by atoms with van der Waals surface area (Å²) in [6, 6.07) is 15.9. The second-order valence-electron chi connectivity index (χ2n) is 5.38. The number of halogens is 1. The van der Waals surface area contributed by atoms with Crippen LogP contribution in [0.15, 0.2) is 48.5 Å². The Morgan fingerprint density at radius 2 is 1.81 bits per heavy atom. The standard InChI is InChI=1S/C17H17ClN2O/c1-19-11-16(21)20(2)15-9-8-13(18)10-14(15)17(19)12-6-4-3-5-7-12/h3-10,17H,11H2,1-2H3. The molecule has 21 heavy (non-hydrogen) atoms. The van der Waals surface area contributed by atoms with E-state index in [0.29, 0.717) is 11.6 Å². The Labute approximate surface area is 129 Å². The van der Waals surface area contributed by atoms with E-state index >= 15 is 0 Å². The molecule has 108 valence electrons. The SMILES string of the molecule is CN1C(=O)CN(C)C(c2ccccc2)c2cc(Cl)ccc21. The monoisotopic (exact) mass is 300 g/mol. The van der Waals surface area contributed by atoms with Gasteiger partial charge in [0, 0.05) is 17.8 Å². The number of carbonyl (C=O) groups excluding carboxylic acids is 1. The molecule has 0 bridgehead atoms. The number of carbonyl (C=O) groups is 1. The second kappa shape index (κ2) is 5.51. The van der Waals surface area contributed by atoms with Crippen LogP contribution in [0.5, 0.6) is 0 Å². The first-order valence-corrected chi connectivity index (χ1v) is 7.27. The fourth-order valence-corrected chi connectivity index (χ4v) is 3.08. The van der Waals surface area contributed by atoms with E-state index < -0.39 is 0 Å². The Bertz CT molecular complexity index is 672. The highest BCUT2D eigenvalue weighted by Gasteiger charge is 2.30. The highest BCUT2D eigenvalue weighted by molar-refractivity contribution is 6.30. The van der Waals surface area contributed by atoms with Crippen LogP contribution in [0.3, 0.4) is 0 Å². The van der Waals surface area contributed by atoms with Crippen molar-refractivity contribution < 1.29 is 4.79 Å². The van der Waals surface area contributed by atoms with Crippen molar-refractivity contribution in [1.29, 1.82) is 0 Å². The van der Waals surface area contributed by atoms with Gasteiger partial charge in [-0.05, 0) is 36.4 Å². The largest absolute Gasteiger partial charge is 0.314 e. The van der Waals surface area contributed by atoms with Crippen LogP contribution in [0, 0.1) is 0 Å². The van der Waals surface area contributed by atoms with Gasteiger partial charge in [-0.25, -0.2) is 0 Å². The van der Waals surface area contributed by atoms with Gasteiger partial charge in [-0.3, -0.25) is 9.69 Å². The van der Waals surface area contributed by atoms with Crippen molar-refractivity contribution in [1.82, 2.24) is 4.90 Å². The Hall–Kier alpha value is -1.84. The topological polar surface area (TPSA) is 23.6 Å². The van der Waals surface area contributed by atoms with Gasteiger partial charge in [-0.1, -0.05) is 41.9 Å². The molecule has 3 rings (SSSR count). The summed E-state index contributed by atoms with van der Waals surface area (Å²) in [6.45, 7) is 0.377. The number of hydrogen-bond acceptors (Lipinski definition) is 2. The molecule has 2 aromatic carbocycles. The molecule has 0 spiro atoms. The number of nitrogens with zero attached hydrogens (tertiary/aromatic N) is 2. The molecule has 2 aromatic rings. The zero-order chi connectivity index (χ0) is 15.0. The molecule has 1 aliphatic rings. The summed E-state index contributed by atoms with van der Waals surface area (Å²) in [5, 5.41) is 0.686. The summed E-state index contributed by atoms with van der Waals surface area (Å²) in [5.41, 5.74) is 3.14. The van der Waals surface area contributed by atoms with Gasteiger partial charge in [-0.2, -0.15) is 0 Å². The zero-order valence-corrected chi connectivity index (χ0v) is 12.8. The van der Waals surface area contributed by atoms with E-state index in [-0.39, 0.29) is 11.9 Å². The number of likely N-dealkylation sites (N-methyl/N-ethyl adjacent to an activating group) is 2. The molecular formula is C17H17ClN2O. The van der Waals surface area contributed by atoms with Crippen LogP contribution >= 0.6 is 11.6 Å². The van der Waals surface area contributed by atoms with Crippen LogP contribution in [0.4, 0.5) is 5.69 Å². The lowest BCUT2D eigenvalue weighted by Gasteiger charge is -2.26. The molecule has 1 aliphatic heterocycles. The average molecular weight is 301 g/mol. The number of hydrogen-bond donors (Lipinski definition) is 0. The van der Waals surface area contributed by atoms with Crippen LogP contribution < -0.4 is 4.90 Å². The first kappa shape index (κ1) is 14.1. The van der Waals surface area contributed by atoms with E-state index in [1.807, 2.05) is 50.5 Å². The summed E-state index contributed by atoms with van der Waals surface area (Å²) in [7, 11) is 3.79. The number of benzene rings is 2. The molecule has 3 nitrogen and oxygen atoms in total. The minimum atomic E-state index is 0.0220. The van der Waals surface area contributed by atoms with Crippen LogP contribution in [-0.2, 0) is 4.79 Å². The van der Waals surface area contributed by atoms with Gasteiger partial charge in [0.15, 0.2) is 0 Å². The maximum Gasteiger partial charge on any atom is 0.240 e. The van der Waals surface area contributed by atoms with Crippen LogP contribution in [0.25, 0.3) is 0 Å². The molecule has 0 fully saturated rings. The van der Waals surface area contributed by atoms with Crippen molar-refractivity contribution in [2.75, 3.05) is 25.5 Å². The fraction of sp³-hybridized carbons (Fsp3) is 0.235. The Balaban J connectivity index is 2.21. The third-order valence-corrected chi connectivity index (χ3v) is 4.20. The molecule has 1 unspecified atom stereocenters. The average Bonchev–Trinajstić information content (AvgIpc) is 2.56. The van der Waals surface area contributed by atoms with Crippen molar-refractivity contribution in [3.05, 3.63) is 64.7 Å². The zero-order valence-electron chi connectivity index (χ0n) is 12.1. The molecule has 0 radical (unpaired) electrons. The number of anilines is 1. The van der Waals surface area contributed by atoms with Crippen molar-refractivity contribution in [3.63, 3.8) is 0 Å². The lowest BCUT2D eigenvalue weighted by molar-refractivity contribution is -0.119. The predicted molar refractivity (Wildman–Crippen MR) is 85.8 cm³/mol. The van der Waals surface area contributed by atoms with Crippen molar-refractivity contribution >= 4 is 23.2 Å². The van der Waals surface area contributed by atoms with Gasteiger partial charge in [0.05, 0.1) is 12.6 Å². The van der Waals surface area contributed by atoms with E-state index in [1.54, 1.807) is 4.90 Å². The van der Waals surface area contributed by atoms with Gasteiger partial charge < -0.3 is 4.90 Å². The van der Waals surface area contributed by atoms with E-state index in [0.717, 1.165) is 16.8 Å². The van der Waals surface area contributed by atoms with Gasteiger partial charge >= 0.3 is 0 Å². The van der Waals surface area contributed by atoms with Gasteiger partial charge in [0.25, 0.3) is 0 Å². The van der Waals surface area contributed by atoms with Gasteiger partial charge in [0.1, 0.15) is 0 Å². The molecule has 4 heteroatoms. The van der Waals surface area contributed by atoms with Crippen LogP contribution in [0.1, 0.15) is 17.2 Å². The Kier molecular flexibility index (Phi) is 3.70.